The lowest BCUT2D eigenvalue weighted by Crippen LogP contribution is -2.47. The van der Waals surface area contributed by atoms with E-state index in [9.17, 15) is 9.59 Å². The fraction of sp³-hybridized carbons (Fsp3) is 0.519. The molecule has 10 nitrogen and oxygen atoms in total. The van der Waals surface area contributed by atoms with Crippen LogP contribution in [0.15, 0.2) is 30.6 Å². The molecule has 0 saturated carbocycles. The second-order valence-corrected chi connectivity index (χ2v) is 10.3. The summed E-state index contributed by atoms with van der Waals surface area (Å²) in [7, 11) is 2.08. The molecule has 1 N–H and O–H groups in total. The van der Waals surface area contributed by atoms with Crippen LogP contribution in [-0.2, 0) is 4.79 Å². The molecule has 0 unspecified atom stereocenters. The third-order valence-electron chi connectivity index (χ3n) is 7.23. The quantitative estimate of drug-likeness (QED) is 0.471. The van der Waals surface area contributed by atoms with Crippen molar-refractivity contribution >= 4 is 28.8 Å². The number of benzene rings is 1. The first kappa shape index (κ1) is 25.1. The summed E-state index contributed by atoms with van der Waals surface area (Å²) in [4.78, 5) is 45.2. The van der Waals surface area contributed by atoms with Gasteiger partial charge in [0.2, 0.25) is 5.91 Å². The number of likely N-dealkylation sites (tertiary alicyclic amines) is 1. The number of nitrogens with one attached hydrogen (secondary N) is 1. The molecule has 2 aliphatic heterocycles. The SMILES string of the molecule is CC(C)n1cnc2c(NCCCN3CCCC3=O)nc(-c3ccc(C(=O)N4CCN(C)CC4)cc3)nc21. The molecule has 3 aromatic rings. The number of hydrogen-bond donors (Lipinski definition) is 1. The number of nitrogens with zero attached hydrogens (tertiary/aromatic N) is 7. The first-order chi connectivity index (χ1) is 17.9. The molecular weight excluding hydrogens is 468 g/mol. The van der Waals surface area contributed by atoms with Crippen LogP contribution in [0.5, 0.6) is 0 Å². The number of rotatable bonds is 8. The van der Waals surface area contributed by atoms with Crippen molar-refractivity contribution in [3.8, 4) is 11.4 Å². The Kier molecular flexibility index (Phi) is 7.36. The van der Waals surface area contributed by atoms with Crippen LogP contribution in [0.2, 0.25) is 0 Å². The second kappa shape index (κ2) is 10.8. The van der Waals surface area contributed by atoms with Crippen LogP contribution in [-0.4, -0.2) is 98.9 Å². The lowest BCUT2D eigenvalue weighted by molar-refractivity contribution is -0.127. The minimum absolute atomic E-state index is 0.0627. The lowest BCUT2D eigenvalue weighted by Gasteiger charge is -2.32. The highest BCUT2D eigenvalue weighted by Gasteiger charge is 2.22. The van der Waals surface area contributed by atoms with Gasteiger partial charge in [-0.1, -0.05) is 12.1 Å². The minimum atomic E-state index is 0.0627. The van der Waals surface area contributed by atoms with E-state index in [-0.39, 0.29) is 17.9 Å². The van der Waals surface area contributed by atoms with Crippen LogP contribution in [0, 0.1) is 0 Å². The van der Waals surface area contributed by atoms with E-state index in [1.807, 2.05) is 38.6 Å². The summed E-state index contributed by atoms with van der Waals surface area (Å²) in [5.74, 6) is 1.58. The van der Waals surface area contributed by atoms with Crippen LogP contribution in [0.25, 0.3) is 22.6 Å². The highest BCUT2D eigenvalue weighted by molar-refractivity contribution is 5.95. The van der Waals surface area contributed by atoms with E-state index in [0.29, 0.717) is 30.2 Å². The van der Waals surface area contributed by atoms with E-state index in [1.165, 1.54) is 0 Å². The summed E-state index contributed by atoms with van der Waals surface area (Å²) < 4.78 is 2.04. The van der Waals surface area contributed by atoms with Crippen molar-refractivity contribution in [1.82, 2.24) is 34.2 Å². The molecule has 5 rings (SSSR count). The van der Waals surface area contributed by atoms with Gasteiger partial charge in [0.25, 0.3) is 5.91 Å². The monoisotopic (exact) mass is 504 g/mol. The van der Waals surface area contributed by atoms with Gasteiger partial charge < -0.3 is 24.6 Å². The zero-order chi connectivity index (χ0) is 25.9. The van der Waals surface area contributed by atoms with E-state index in [0.717, 1.165) is 68.8 Å². The number of fused-ring (bicyclic) bond motifs is 1. The summed E-state index contributed by atoms with van der Waals surface area (Å²) in [6.45, 7) is 9.76. The fourth-order valence-electron chi connectivity index (χ4n) is 4.92. The number of likely N-dealkylation sites (N-methyl/N-ethyl adjacent to an activating group) is 1. The third kappa shape index (κ3) is 5.44. The molecule has 196 valence electrons. The first-order valence-corrected chi connectivity index (χ1v) is 13.2. The molecule has 1 aromatic carbocycles. The molecule has 0 bridgehead atoms. The minimum Gasteiger partial charge on any atom is -0.368 e. The van der Waals surface area contributed by atoms with Crippen LogP contribution in [0.3, 0.4) is 0 Å². The zero-order valence-electron chi connectivity index (χ0n) is 22.0. The lowest BCUT2D eigenvalue weighted by atomic mass is 10.1. The van der Waals surface area contributed by atoms with Gasteiger partial charge in [0.05, 0.1) is 6.33 Å². The van der Waals surface area contributed by atoms with Gasteiger partial charge in [-0.3, -0.25) is 9.59 Å². The Morgan fingerprint density at radius 3 is 2.49 bits per heavy atom. The van der Waals surface area contributed by atoms with Crippen molar-refractivity contribution in [2.45, 2.75) is 39.2 Å². The van der Waals surface area contributed by atoms with Gasteiger partial charge in [0.15, 0.2) is 17.3 Å². The van der Waals surface area contributed by atoms with E-state index < -0.39 is 0 Å². The molecular formula is C27H36N8O2. The molecule has 0 radical (unpaired) electrons. The van der Waals surface area contributed by atoms with Crippen LogP contribution >= 0.6 is 0 Å². The number of piperazine rings is 1. The number of amides is 2. The van der Waals surface area contributed by atoms with Crippen molar-refractivity contribution in [2.24, 2.45) is 0 Å². The van der Waals surface area contributed by atoms with E-state index in [2.05, 4.69) is 36.1 Å². The summed E-state index contributed by atoms with van der Waals surface area (Å²) in [5.41, 5.74) is 3.03. The number of imidazole rings is 1. The van der Waals surface area contributed by atoms with E-state index >= 15 is 0 Å². The third-order valence-corrected chi connectivity index (χ3v) is 7.23. The van der Waals surface area contributed by atoms with Gasteiger partial charge in [-0.25, -0.2) is 15.0 Å². The zero-order valence-corrected chi connectivity index (χ0v) is 22.0. The molecule has 2 aliphatic rings. The van der Waals surface area contributed by atoms with Gasteiger partial charge in [-0.15, -0.1) is 0 Å². The van der Waals surface area contributed by atoms with Crippen LogP contribution in [0.1, 0.15) is 49.5 Å². The predicted octanol–water partition coefficient (Wildman–Crippen LogP) is 2.89. The van der Waals surface area contributed by atoms with Gasteiger partial charge in [-0.2, -0.15) is 0 Å². The summed E-state index contributed by atoms with van der Waals surface area (Å²) in [5, 5.41) is 3.44. The average Bonchev–Trinajstić information content (AvgIpc) is 3.52. The fourth-order valence-corrected chi connectivity index (χ4v) is 4.92. The summed E-state index contributed by atoms with van der Waals surface area (Å²) in [6.07, 6.45) is 4.25. The van der Waals surface area contributed by atoms with Crippen LogP contribution in [0.4, 0.5) is 5.82 Å². The maximum atomic E-state index is 13.0. The molecule has 2 saturated heterocycles. The Hall–Kier alpha value is -3.53. The topological polar surface area (TPSA) is 99.5 Å². The smallest absolute Gasteiger partial charge is 0.253 e. The predicted molar refractivity (Wildman–Crippen MR) is 143 cm³/mol. The Morgan fingerprint density at radius 1 is 1.05 bits per heavy atom. The number of hydrogen-bond acceptors (Lipinski definition) is 7. The normalized spacial score (nSPS) is 16.8. The molecule has 2 aromatic heterocycles. The highest BCUT2D eigenvalue weighted by atomic mass is 16.2. The summed E-state index contributed by atoms with van der Waals surface area (Å²) >= 11 is 0. The van der Waals surface area contributed by atoms with Crippen molar-refractivity contribution in [3.05, 3.63) is 36.2 Å². The standard InChI is InChI=1S/C27H36N8O2/c1-19(2)35-18-29-23-25(28-11-5-13-33-12-4-6-22(33)36)30-24(31-26(23)35)20-7-9-21(10-8-20)27(37)34-16-14-32(3)15-17-34/h7-10,18-19H,4-6,11-17H2,1-3H3,(H,28,30,31). The maximum Gasteiger partial charge on any atom is 0.253 e. The van der Waals surface area contributed by atoms with Crippen molar-refractivity contribution in [1.29, 1.82) is 0 Å². The van der Waals surface area contributed by atoms with Crippen molar-refractivity contribution < 1.29 is 9.59 Å². The van der Waals surface area contributed by atoms with Gasteiger partial charge in [-0.05, 0) is 45.9 Å². The molecule has 10 heteroatoms. The Labute approximate surface area is 217 Å². The molecule has 2 amide bonds. The Morgan fingerprint density at radius 2 is 1.81 bits per heavy atom. The highest BCUT2D eigenvalue weighted by Crippen LogP contribution is 2.26. The largest absolute Gasteiger partial charge is 0.368 e. The van der Waals surface area contributed by atoms with Crippen molar-refractivity contribution in [3.63, 3.8) is 0 Å². The number of anilines is 1. The molecule has 2 fully saturated rings. The van der Waals surface area contributed by atoms with Gasteiger partial charge in [0.1, 0.15) is 5.52 Å². The van der Waals surface area contributed by atoms with Crippen LogP contribution < -0.4 is 5.32 Å². The number of aromatic nitrogens is 4. The molecule has 4 heterocycles. The maximum absolute atomic E-state index is 13.0. The molecule has 37 heavy (non-hydrogen) atoms. The second-order valence-electron chi connectivity index (χ2n) is 10.3. The molecule has 0 spiro atoms. The van der Waals surface area contributed by atoms with Crippen molar-refractivity contribution in [2.75, 3.05) is 58.2 Å². The van der Waals surface area contributed by atoms with Gasteiger partial charge >= 0.3 is 0 Å². The Balaban J connectivity index is 1.35. The van der Waals surface area contributed by atoms with E-state index in [4.69, 9.17) is 9.97 Å². The number of carbonyl (C=O) groups is 2. The van der Waals surface area contributed by atoms with Gasteiger partial charge in [0, 0.05) is 69.4 Å². The average molecular weight is 505 g/mol. The van der Waals surface area contributed by atoms with E-state index in [1.54, 1.807) is 6.33 Å². The first-order valence-electron chi connectivity index (χ1n) is 13.2. The number of carbonyl (C=O) groups excluding carboxylic acids is 2. The summed E-state index contributed by atoms with van der Waals surface area (Å²) in [6, 6.07) is 7.77. The molecule has 0 aliphatic carbocycles. The molecule has 0 atom stereocenters. The Bertz CT molecular complexity index is 1260.